The molecule has 0 radical (unpaired) electrons. The van der Waals surface area contributed by atoms with Crippen LogP contribution in [0.4, 0.5) is 4.39 Å². The molecule has 19 heavy (non-hydrogen) atoms. The van der Waals surface area contributed by atoms with E-state index in [4.69, 9.17) is 4.74 Å². The van der Waals surface area contributed by atoms with E-state index in [9.17, 15) is 4.39 Å². The Kier molecular flexibility index (Phi) is 4.52. The zero-order valence-electron chi connectivity index (χ0n) is 11.9. The van der Waals surface area contributed by atoms with Gasteiger partial charge in [-0.15, -0.1) is 0 Å². The molecule has 1 aromatic rings. The summed E-state index contributed by atoms with van der Waals surface area (Å²) in [7, 11) is 0. The molecule has 2 atom stereocenters. The molecular formula is C13H23FN4O. The van der Waals surface area contributed by atoms with Crippen LogP contribution in [0.2, 0.25) is 0 Å². The third-order valence-corrected chi connectivity index (χ3v) is 3.33. The maximum Gasteiger partial charge on any atom is 0.138 e. The molecule has 6 heteroatoms. The number of aromatic nitrogens is 3. The summed E-state index contributed by atoms with van der Waals surface area (Å²) in [4.78, 5) is 4.18. The van der Waals surface area contributed by atoms with E-state index in [2.05, 4.69) is 15.4 Å². The van der Waals surface area contributed by atoms with Crippen LogP contribution < -0.4 is 5.32 Å². The minimum Gasteiger partial charge on any atom is -0.379 e. The van der Waals surface area contributed by atoms with E-state index in [1.807, 2.05) is 13.8 Å². The maximum absolute atomic E-state index is 14.7. The molecule has 1 aromatic heterocycles. The number of halogens is 1. The van der Waals surface area contributed by atoms with Gasteiger partial charge >= 0.3 is 0 Å². The summed E-state index contributed by atoms with van der Waals surface area (Å²) in [6.45, 7) is 7.75. The van der Waals surface area contributed by atoms with Gasteiger partial charge in [-0.1, -0.05) is 0 Å². The van der Waals surface area contributed by atoms with Gasteiger partial charge in [0, 0.05) is 25.0 Å². The Bertz CT molecular complexity index is 399. The van der Waals surface area contributed by atoms with Crippen molar-refractivity contribution in [3.63, 3.8) is 0 Å². The van der Waals surface area contributed by atoms with E-state index in [1.165, 1.54) is 6.33 Å². The largest absolute Gasteiger partial charge is 0.379 e. The molecule has 5 nitrogen and oxygen atoms in total. The van der Waals surface area contributed by atoms with E-state index < -0.39 is 5.67 Å². The highest BCUT2D eigenvalue weighted by molar-refractivity contribution is 4.96. The van der Waals surface area contributed by atoms with Crippen LogP contribution in [0.1, 0.15) is 39.1 Å². The molecule has 1 aliphatic heterocycles. The Morgan fingerprint density at radius 2 is 2.42 bits per heavy atom. The van der Waals surface area contributed by atoms with Gasteiger partial charge < -0.3 is 10.1 Å². The number of morpholine rings is 1. The molecule has 0 aromatic carbocycles. The van der Waals surface area contributed by atoms with Crippen LogP contribution in [-0.4, -0.2) is 46.2 Å². The van der Waals surface area contributed by atoms with Gasteiger partial charge in [0.15, 0.2) is 0 Å². The molecular weight excluding hydrogens is 247 g/mol. The molecule has 0 amide bonds. The lowest BCUT2D eigenvalue weighted by Crippen LogP contribution is -2.45. The third-order valence-electron chi connectivity index (χ3n) is 3.33. The van der Waals surface area contributed by atoms with Crippen molar-refractivity contribution in [3.05, 3.63) is 12.2 Å². The molecule has 2 unspecified atom stereocenters. The fraction of sp³-hybridized carbons (Fsp3) is 0.846. The van der Waals surface area contributed by atoms with Crippen molar-refractivity contribution in [1.29, 1.82) is 0 Å². The number of rotatable bonds is 5. The minimum absolute atomic E-state index is 0.0826. The molecule has 0 aliphatic carbocycles. The SMILES string of the molecule is CC(C)n1ncnc1CC(C)(F)CC1COCCN1. The number of alkyl halides is 1. The second kappa shape index (κ2) is 5.96. The highest BCUT2D eigenvalue weighted by Gasteiger charge is 2.31. The van der Waals surface area contributed by atoms with Crippen molar-refractivity contribution in [2.45, 2.75) is 51.4 Å². The van der Waals surface area contributed by atoms with Crippen LogP contribution in [-0.2, 0) is 11.2 Å². The van der Waals surface area contributed by atoms with Crippen LogP contribution in [0.15, 0.2) is 6.33 Å². The Morgan fingerprint density at radius 1 is 1.63 bits per heavy atom. The molecule has 0 spiro atoms. The van der Waals surface area contributed by atoms with E-state index in [-0.39, 0.29) is 18.5 Å². The predicted octanol–water partition coefficient (Wildman–Crippen LogP) is 1.51. The summed E-state index contributed by atoms with van der Waals surface area (Å²) in [5.74, 6) is 0.705. The number of nitrogens with zero attached hydrogens (tertiary/aromatic N) is 3. The molecule has 108 valence electrons. The molecule has 1 aliphatic rings. The van der Waals surface area contributed by atoms with Crippen molar-refractivity contribution >= 4 is 0 Å². The first-order valence-corrected chi connectivity index (χ1v) is 6.86. The van der Waals surface area contributed by atoms with Crippen molar-refractivity contribution in [2.75, 3.05) is 19.8 Å². The van der Waals surface area contributed by atoms with E-state index in [1.54, 1.807) is 11.6 Å². The van der Waals surface area contributed by atoms with Crippen LogP contribution >= 0.6 is 0 Å². The topological polar surface area (TPSA) is 52.0 Å². The molecule has 1 saturated heterocycles. The summed E-state index contributed by atoms with van der Waals surface area (Å²) in [6, 6.07) is 0.281. The normalized spacial score (nSPS) is 23.5. The summed E-state index contributed by atoms with van der Waals surface area (Å²) in [5.41, 5.74) is -1.31. The van der Waals surface area contributed by atoms with Gasteiger partial charge in [-0.05, 0) is 27.2 Å². The Hall–Kier alpha value is -1.01. The third kappa shape index (κ3) is 3.98. The average Bonchev–Trinajstić information content (AvgIpc) is 2.77. The number of nitrogens with one attached hydrogen (secondary N) is 1. The molecule has 0 bridgehead atoms. The van der Waals surface area contributed by atoms with Gasteiger partial charge in [-0.25, -0.2) is 14.1 Å². The fourth-order valence-corrected chi connectivity index (χ4v) is 2.50. The lowest BCUT2D eigenvalue weighted by atomic mass is 9.94. The quantitative estimate of drug-likeness (QED) is 0.881. The lowest BCUT2D eigenvalue weighted by Gasteiger charge is -2.29. The standard InChI is InChI=1S/C13H23FN4O/c1-10(2)18-12(16-9-17-18)7-13(3,14)6-11-8-19-5-4-15-11/h9-11,15H,4-8H2,1-3H3. The smallest absolute Gasteiger partial charge is 0.138 e. The fourth-order valence-electron chi connectivity index (χ4n) is 2.50. The molecule has 2 heterocycles. The first kappa shape index (κ1) is 14.4. The Balaban J connectivity index is 1.97. The van der Waals surface area contributed by atoms with Crippen LogP contribution in [0.3, 0.4) is 0 Å². The summed E-state index contributed by atoms with van der Waals surface area (Å²) < 4.78 is 21.8. The monoisotopic (exact) mass is 270 g/mol. The predicted molar refractivity (Wildman–Crippen MR) is 70.9 cm³/mol. The number of ether oxygens (including phenoxy) is 1. The van der Waals surface area contributed by atoms with Crippen molar-refractivity contribution in [2.24, 2.45) is 0 Å². The van der Waals surface area contributed by atoms with Crippen LogP contribution in [0, 0.1) is 0 Å². The van der Waals surface area contributed by atoms with Gasteiger partial charge in [0.1, 0.15) is 17.8 Å². The Morgan fingerprint density at radius 3 is 3.05 bits per heavy atom. The first-order valence-electron chi connectivity index (χ1n) is 6.86. The van der Waals surface area contributed by atoms with Gasteiger partial charge in [0.05, 0.1) is 13.2 Å². The zero-order chi connectivity index (χ0) is 13.9. The van der Waals surface area contributed by atoms with E-state index in [0.29, 0.717) is 25.5 Å². The van der Waals surface area contributed by atoms with E-state index >= 15 is 0 Å². The highest BCUT2D eigenvalue weighted by atomic mass is 19.1. The van der Waals surface area contributed by atoms with Crippen molar-refractivity contribution in [3.8, 4) is 0 Å². The minimum atomic E-state index is -1.31. The van der Waals surface area contributed by atoms with Crippen molar-refractivity contribution < 1.29 is 9.13 Å². The molecule has 1 N–H and O–H groups in total. The number of hydrogen-bond donors (Lipinski definition) is 1. The van der Waals surface area contributed by atoms with E-state index in [0.717, 1.165) is 6.54 Å². The van der Waals surface area contributed by atoms with Gasteiger partial charge in [0.2, 0.25) is 0 Å². The second-order valence-electron chi connectivity index (χ2n) is 5.73. The average molecular weight is 270 g/mol. The van der Waals surface area contributed by atoms with Crippen LogP contribution in [0.5, 0.6) is 0 Å². The zero-order valence-corrected chi connectivity index (χ0v) is 11.9. The first-order chi connectivity index (χ1) is 8.98. The summed E-state index contributed by atoms with van der Waals surface area (Å²) >= 11 is 0. The molecule has 2 rings (SSSR count). The molecule has 0 saturated carbocycles. The van der Waals surface area contributed by atoms with Gasteiger partial charge in [-0.2, -0.15) is 5.10 Å². The van der Waals surface area contributed by atoms with Crippen LogP contribution in [0.25, 0.3) is 0 Å². The molecule has 1 fully saturated rings. The summed E-state index contributed by atoms with van der Waals surface area (Å²) in [5, 5.41) is 7.43. The maximum atomic E-state index is 14.7. The second-order valence-corrected chi connectivity index (χ2v) is 5.73. The lowest BCUT2D eigenvalue weighted by molar-refractivity contribution is 0.0475. The van der Waals surface area contributed by atoms with Crippen molar-refractivity contribution in [1.82, 2.24) is 20.1 Å². The summed E-state index contributed by atoms with van der Waals surface area (Å²) in [6.07, 6.45) is 2.20. The Labute approximate surface area is 113 Å². The van der Waals surface area contributed by atoms with Gasteiger partial charge in [-0.3, -0.25) is 0 Å². The van der Waals surface area contributed by atoms with Gasteiger partial charge in [0.25, 0.3) is 0 Å². The highest BCUT2D eigenvalue weighted by Crippen LogP contribution is 2.24. The number of hydrogen-bond acceptors (Lipinski definition) is 4.